The Morgan fingerprint density at radius 2 is 1.88 bits per heavy atom. The topological polar surface area (TPSA) is 12.0 Å². The number of rotatable bonds is 1. The maximum atomic E-state index is 3.73. The van der Waals surface area contributed by atoms with E-state index in [1.165, 1.54) is 64.3 Å². The van der Waals surface area contributed by atoms with E-state index in [1.807, 2.05) is 0 Å². The first kappa shape index (κ1) is 11.7. The molecule has 17 heavy (non-hydrogen) atoms. The summed E-state index contributed by atoms with van der Waals surface area (Å²) in [5, 5.41) is 3.73. The Bertz CT molecular complexity index is 337. The lowest BCUT2D eigenvalue weighted by atomic mass is 10.1. The molecular formula is C15H23NS. The van der Waals surface area contributed by atoms with Gasteiger partial charge >= 0.3 is 0 Å². The van der Waals surface area contributed by atoms with Crippen molar-refractivity contribution in [3.8, 4) is 0 Å². The Balaban J connectivity index is 1.78. The van der Waals surface area contributed by atoms with Crippen LogP contribution in [0, 0.1) is 0 Å². The molecule has 2 heterocycles. The van der Waals surface area contributed by atoms with E-state index in [9.17, 15) is 0 Å². The van der Waals surface area contributed by atoms with Crippen LogP contribution in [0.4, 0.5) is 0 Å². The molecule has 0 radical (unpaired) electrons. The summed E-state index contributed by atoms with van der Waals surface area (Å²) in [5.74, 6) is 0. The van der Waals surface area contributed by atoms with E-state index >= 15 is 0 Å². The van der Waals surface area contributed by atoms with Crippen LogP contribution in [0.25, 0.3) is 0 Å². The molecule has 0 amide bonds. The van der Waals surface area contributed by atoms with Gasteiger partial charge in [0, 0.05) is 15.8 Å². The van der Waals surface area contributed by atoms with E-state index in [1.54, 1.807) is 15.3 Å². The summed E-state index contributed by atoms with van der Waals surface area (Å²) in [5.41, 5.74) is 1.67. The van der Waals surface area contributed by atoms with Crippen LogP contribution in [0.1, 0.15) is 66.3 Å². The molecule has 1 N–H and O–H groups in total. The van der Waals surface area contributed by atoms with Crippen molar-refractivity contribution in [2.75, 3.05) is 6.54 Å². The van der Waals surface area contributed by atoms with Crippen LogP contribution in [-0.4, -0.2) is 6.54 Å². The van der Waals surface area contributed by atoms with Crippen LogP contribution in [0.5, 0.6) is 0 Å². The fourth-order valence-corrected chi connectivity index (χ4v) is 4.50. The second kappa shape index (κ2) is 5.53. The lowest BCUT2D eigenvalue weighted by Crippen LogP contribution is -2.19. The maximum absolute atomic E-state index is 3.73. The van der Waals surface area contributed by atoms with Crippen LogP contribution in [0.2, 0.25) is 0 Å². The highest BCUT2D eigenvalue weighted by atomic mass is 32.1. The van der Waals surface area contributed by atoms with E-state index in [0.29, 0.717) is 6.04 Å². The molecule has 1 saturated heterocycles. The Morgan fingerprint density at radius 1 is 1.00 bits per heavy atom. The predicted octanol–water partition coefficient (Wildman–Crippen LogP) is 4.22. The van der Waals surface area contributed by atoms with Crippen LogP contribution >= 0.6 is 11.3 Å². The number of aryl methyl sites for hydroxylation is 2. The molecule has 1 aliphatic carbocycles. The second-order valence-corrected chi connectivity index (χ2v) is 6.68. The van der Waals surface area contributed by atoms with Gasteiger partial charge in [-0.2, -0.15) is 0 Å². The third kappa shape index (κ3) is 2.74. The minimum Gasteiger partial charge on any atom is -0.309 e. The monoisotopic (exact) mass is 249 g/mol. The van der Waals surface area contributed by atoms with E-state index in [-0.39, 0.29) is 0 Å². The van der Waals surface area contributed by atoms with Gasteiger partial charge in [-0.3, -0.25) is 0 Å². The lowest BCUT2D eigenvalue weighted by Gasteiger charge is -2.13. The molecule has 3 rings (SSSR count). The molecule has 1 aromatic rings. The molecule has 0 bridgehead atoms. The summed E-state index contributed by atoms with van der Waals surface area (Å²) in [6.45, 7) is 1.22. The molecule has 1 aromatic heterocycles. The average molecular weight is 249 g/mol. The van der Waals surface area contributed by atoms with Crippen molar-refractivity contribution in [1.29, 1.82) is 0 Å². The molecule has 1 fully saturated rings. The number of hydrogen-bond acceptors (Lipinski definition) is 2. The first-order chi connectivity index (χ1) is 8.43. The van der Waals surface area contributed by atoms with Gasteiger partial charge < -0.3 is 5.32 Å². The third-order valence-corrected chi connectivity index (χ3v) is 5.52. The van der Waals surface area contributed by atoms with Crippen molar-refractivity contribution in [2.24, 2.45) is 0 Å². The third-order valence-electron chi connectivity index (χ3n) is 4.17. The molecule has 1 aliphatic heterocycles. The summed E-state index contributed by atoms with van der Waals surface area (Å²) < 4.78 is 0. The SMILES string of the molecule is c1c(C2CCCCCN2)sc2c1CCCCC2. The Kier molecular flexibility index (Phi) is 3.82. The standard InChI is InChI=1S/C15H23NS/c1-3-7-12-11-15(17-14(12)9-5-1)13-8-4-2-6-10-16-13/h11,13,16H,1-10H2. The van der Waals surface area contributed by atoms with Gasteiger partial charge in [0.25, 0.3) is 0 Å². The fourth-order valence-electron chi connectivity index (χ4n) is 3.13. The minimum absolute atomic E-state index is 0.662. The van der Waals surface area contributed by atoms with Gasteiger partial charge in [-0.1, -0.05) is 19.3 Å². The number of thiophene rings is 1. The second-order valence-electron chi connectivity index (χ2n) is 5.51. The minimum atomic E-state index is 0.662. The van der Waals surface area contributed by atoms with Gasteiger partial charge in [-0.05, 0) is 56.7 Å². The van der Waals surface area contributed by atoms with Crippen molar-refractivity contribution < 1.29 is 0 Å². The summed E-state index contributed by atoms with van der Waals surface area (Å²) >= 11 is 2.10. The van der Waals surface area contributed by atoms with E-state index in [0.717, 1.165) is 0 Å². The zero-order chi connectivity index (χ0) is 11.5. The van der Waals surface area contributed by atoms with Gasteiger partial charge in [0.15, 0.2) is 0 Å². The molecule has 0 aromatic carbocycles. The van der Waals surface area contributed by atoms with Gasteiger partial charge in [-0.15, -0.1) is 11.3 Å². The molecule has 0 spiro atoms. The number of hydrogen-bond donors (Lipinski definition) is 1. The smallest absolute Gasteiger partial charge is 0.0414 e. The zero-order valence-corrected chi connectivity index (χ0v) is 11.5. The fraction of sp³-hybridized carbons (Fsp3) is 0.733. The van der Waals surface area contributed by atoms with Crippen molar-refractivity contribution in [2.45, 2.75) is 63.8 Å². The summed E-state index contributed by atoms with van der Waals surface area (Å²) in [6.07, 6.45) is 12.4. The summed E-state index contributed by atoms with van der Waals surface area (Å²) in [6, 6.07) is 3.18. The molecule has 1 atom stereocenters. The van der Waals surface area contributed by atoms with Crippen molar-refractivity contribution in [3.05, 3.63) is 21.4 Å². The maximum Gasteiger partial charge on any atom is 0.0414 e. The van der Waals surface area contributed by atoms with E-state index in [4.69, 9.17) is 0 Å². The quantitative estimate of drug-likeness (QED) is 0.735. The molecule has 94 valence electrons. The molecule has 0 saturated carbocycles. The van der Waals surface area contributed by atoms with Crippen molar-refractivity contribution >= 4 is 11.3 Å². The molecule has 2 aliphatic rings. The van der Waals surface area contributed by atoms with Crippen LogP contribution in [0.3, 0.4) is 0 Å². The number of nitrogens with one attached hydrogen (secondary N) is 1. The lowest BCUT2D eigenvalue weighted by molar-refractivity contribution is 0.542. The predicted molar refractivity (Wildman–Crippen MR) is 74.8 cm³/mol. The average Bonchev–Trinajstić information content (AvgIpc) is 2.58. The highest BCUT2D eigenvalue weighted by Gasteiger charge is 2.19. The Morgan fingerprint density at radius 3 is 2.88 bits per heavy atom. The molecule has 2 heteroatoms. The first-order valence-corrected chi connectivity index (χ1v) is 8.10. The van der Waals surface area contributed by atoms with Gasteiger partial charge in [0.05, 0.1) is 0 Å². The van der Waals surface area contributed by atoms with Crippen LogP contribution in [-0.2, 0) is 12.8 Å². The highest BCUT2D eigenvalue weighted by Crippen LogP contribution is 2.34. The van der Waals surface area contributed by atoms with Crippen LogP contribution in [0.15, 0.2) is 6.07 Å². The van der Waals surface area contributed by atoms with Gasteiger partial charge in [0.2, 0.25) is 0 Å². The first-order valence-electron chi connectivity index (χ1n) is 7.28. The van der Waals surface area contributed by atoms with E-state index in [2.05, 4.69) is 22.7 Å². The summed E-state index contributed by atoms with van der Waals surface area (Å²) in [7, 11) is 0. The summed E-state index contributed by atoms with van der Waals surface area (Å²) in [4.78, 5) is 3.32. The molecule has 1 unspecified atom stereocenters. The van der Waals surface area contributed by atoms with E-state index < -0.39 is 0 Å². The largest absolute Gasteiger partial charge is 0.309 e. The number of fused-ring (bicyclic) bond motifs is 1. The van der Waals surface area contributed by atoms with Gasteiger partial charge in [-0.25, -0.2) is 0 Å². The highest BCUT2D eigenvalue weighted by molar-refractivity contribution is 7.12. The molecular weight excluding hydrogens is 226 g/mol. The van der Waals surface area contributed by atoms with Crippen LogP contribution < -0.4 is 5.32 Å². The van der Waals surface area contributed by atoms with Crippen molar-refractivity contribution in [1.82, 2.24) is 5.32 Å². The Labute approximate surface area is 109 Å². The van der Waals surface area contributed by atoms with Gasteiger partial charge in [0.1, 0.15) is 0 Å². The Hall–Kier alpha value is -0.340. The zero-order valence-electron chi connectivity index (χ0n) is 10.6. The normalized spacial score (nSPS) is 26.0. The van der Waals surface area contributed by atoms with Crippen molar-refractivity contribution in [3.63, 3.8) is 0 Å². The molecule has 1 nitrogen and oxygen atoms in total.